The summed E-state index contributed by atoms with van der Waals surface area (Å²) in [7, 11) is 0. The third-order valence-corrected chi connectivity index (χ3v) is 5.04. The van der Waals surface area contributed by atoms with Crippen molar-refractivity contribution in [2.24, 2.45) is 0 Å². The monoisotopic (exact) mass is 325 g/mol. The molecular weight excluding hydrogens is 306 g/mol. The van der Waals surface area contributed by atoms with Gasteiger partial charge in [-0.3, -0.25) is 0 Å². The van der Waals surface area contributed by atoms with Crippen LogP contribution >= 0.6 is 0 Å². The summed E-state index contributed by atoms with van der Waals surface area (Å²) in [5, 5.41) is 1.29. The average molecular weight is 325 g/mol. The molecule has 0 aliphatic carbocycles. The van der Waals surface area contributed by atoms with E-state index in [9.17, 15) is 0 Å². The summed E-state index contributed by atoms with van der Waals surface area (Å²) in [5.41, 5.74) is 7.58. The van der Waals surface area contributed by atoms with E-state index in [1.807, 2.05) is 12.1 Å². The van der Waals surface area contributed by atoms with Crippen LogP contribution in [0.2, 0.25) is 0 Å². The van der Waals surface area contributed by atoms with Gasteiger partial charge in [0.05, 0.1) is 5.69 Å². The Hall–Kier alpha value is -3.00. The van der Waals surface area contributed by atoms with Crippen molar-refractivity contribution in [1.82, 2.24) is 4.98 Å². The molecule has 1 aliphatic rings. The van der Waals surface area contributed by atoms with E-state index < -0.39 is 0 Å². The Labute approximate surface area is 147 Å². The van der Waals surface area contributed by atoms with Crippen LogP contribution in [-0.2, 0) is 19.4 Å². The normalized spacial score (nSPS) is 12.5. The molecule has 0 amide bonds. The van der Waals surface area contributed by atoms with Gasteiger partial charge >= 0.3 is 0 Å². The molecule has 0 saturated heterocycles. The standard InChI is InChI=1S/C23H19NO/c1-2-6-16(7-3-1)10-11-17-12-13-21-19(14-17)20-15-25-22-9-5-4-8-18(22)23(20)24-21/h1-9,12-14,24H,10-11,15H2. The summed E-state index contributed by atoms with van der Waals surface area (Å²) in [6.07, 6.45) is 2.12. The van der Waals surface area contributed by atoms with Gasteiger partial charge in [0.1, 0.15) is 12.4 Å². The van der Waals surface area contributed by atoms with Gasteiger partial charge in [-0.05, 0) is 48.2 Å². The molecule has 0 unspecified atom stereocenters. The van der Waals surface area contributed by atoms with Crippen LogP contribution in [0.1, 0.15) is 16.7 Å². The molecule has 2 nitrogen and oxygen atoms in total. The number of para-hydroxylation sites is 1. The van der Waals surface area contributed by atoms with Gasteiger partial charge in [-0.2, -0.15) is 0 Å². The fourth-order valence-electron chi connectivity index (χ4n) is 3.71. The summed E-state index contributed by atoms with van der Waals surface area (Å²) >= 11 is 0. The van der Waals surface area contributed by atoms with E-state index in [1.165, 1.54) is 33.3 Å². The smallest absolute Gasteiger partial charge is 0.129 e. The summed E-state index contributed by atoms with van der Waals surface area (Å²) in [6.45, 7) is 0.633. The maximum Gasteiger partial charge on any atom is 0.129 e. The molecule has 2 heteroatoms. The van der Waals surface area contributed by atoms with Crippen molar-refractivity contribution in [3.05, 3.63) is 89.5 Å². The van der Waals surface area contributed by atoms with Crippen molar-refractivity contribution >= 4 is 10.9 Å². The predicted molar refractivity (Wildman–Crippen MR) is 102 cm³/mol. The van der Waals surface area contributed by atoms with Gasteiger partial charge in [0.25, 0.3) is 0 Å². The van der Waals surface area contributed by atoms with E-state index in [2.05, 4.69) is 65.6 Å². The Morgan fingerprint density at radius 3 is 2.52 bits per heavy atom. The highest BCUT2D eigenvalue weighted by Gasteiger charge is 2.21. The van der Waals surface area contributed by atoms with Crippen LogP contribution in [0, 0.1) is 0 Å². The van der Waals surface area contributed by atoms with E-state index in [0.29, 0.717) is 6.61 Å². The Morgan fingerprint density at radius 2 is 1.60 bits per heavy atom. The third kappa shape index (κ3) is 2.51. The molecule has 0 bridgehead atoms. The van der Waals surface area contributed by atoms with E-state index in [1.54, 1.807) is 0 Å². The lowest BCUT2D eigenvalue weighted by Crippen LogP contribution is -2.03. The topological polar surface area (TPSA) is 25.0 Å². The number of hydrogen-bond donors (Lipinski definition) is 1. The zero-order valence-corrected chi connectivity index (χ0v) is 14.0. The SMILES string of the molecule is c1ccc(CCc2ccc3[nH]c4c(c3c2)COc2ccccc2-4)cc1. The maximum absolute atomic E-state index is 5.97. The third-order valence-electron chi connectivity index (χ3n) is 5.04. The van der Waals surface area contributed by atoms with Gasteiger partial charge in [-0.15, -0.1) is 0 Å². The highest BCUT2D eigenvalue weighted by Crippen LogP contribution is 2.40. The first-order valence-corrected chi connectivity index (χ1v) is 8.78. The van der Waals surface area contributed by atoms with Crippen LogP contribution < -0.4 is 4.74 Å². The van der Waals surface area contributed by atoms with E-state index >= 15 is 0 Å². The van der Waals surface area contributed by atoms with Crippen molar-refractivity contribution < 1.29 is 4.74 Å². The zero-order valence-electron chi connectivity index (χ0n) is 14.0. The number of aromatic amines is 1. The molecule has 1 N–H and O–H groups in total. The second-order valence-electron chi connectivity index (χ2n) is 6.63. The molecule has 0 saturated carbocycles. The minimum absolute atomic E-state index is 0.633. The minimum atomic E-state index is 0.633. The van der Waals surface area contributed by atoms with Crippen molar-refractivity contribution in [3.63, 3.8) is 0 Å². The highest BCUT2D eigenvalue weighted by atomic mass is 16.5. The highest BCUT2D eigenvalue weighted by molar-refractivity contribution is 5.93. The Bertz CT molecular complexity index is 1050. The number of ether oxygens (including phenoxy) is 1. The summed E-state index contributed by atoms with van der Waals surface area (Å²) in [4.78, 5) is 3.59. The first kappa shape index (κ1) is 14.4. The van der Waals surface area contributed by atoms with Gasteiger partial charge in [-0.1, -0.05) is 48.5 Å². The molecular formula is C23H19NO. The number of aryl methyl sites for hydroxylation is 2. The van der Waals surface area contributed by atoms with Gasteiger partial charge < -0.3 is 9.72 Å². The second kappa shape index (κ2) is 5.82. The van der Waals surface area contributed by atoms with E-state index in [4.69, 9.17) is 4.74 Å². The quantitative estimate of drug-likeness (QED) is 0.527. The largest absolute Gasteiger partial charge is 0.488 e. The van der Waals surface area contributed by atoms with Crippen LogP contribution in [0.4, 0.5) is 0 Å². The summed E-state index contributed by atoms with van der Waals surface area (Å²) in [6, 6.07) is 25.7. The van der Waals surface area contributed by atoms with Gasteiger partial charge in [0, 0.05) is 22.0 Å². The lowest BCUT2D eigenvalue weighted by molar-refractivity contribution is 0.303. The number of hydrogen-bond acceptors (Lipinski definition) is 1. The number of rotatable bonds is 3. The Kier molecular flexibility index (Phi) is 3.34. The van der Waals surface area contributed by atoms with Crippen LogP contribution in [-0.4, -0.2) is 4.98 Å². The predicted octanol–water partition coefficient (Wildman–Crippen LogP) is 5.51. The van der Waals surface area contributed by atoms with E-state index in [-0.39, 0.29) is 0 Å². The maximum atomic E-state index is 5.97. The van der Waals surface area contributed by atoms with Crippen molar-refractivity contribution in [1.29, 1.82) is 0 Å². The van der Waals surface area contributed by atoms with Gasteiger partial charge in [0.15, 0.2) is 0 Å². The molecule has 0 fully saturated rings. The van der Waals surface area contributed by atoms with Crippen molar-refractivity contribution in [3.8, 4) is 17.0 Å². The number of nitrogens with one attached hydrogen (secondary N) is 1. The second-order valence-corrected chi connectivity index (χ2v) is 6.63. The number of fused-ring (bicyclic) bond motifs is 5. The molecule has 0 spiro atoms. The molecule has 25 heavy (non-hydrogen) atoms. The lowest BCUT2D eigenvalue weighted by atomic mass is 9.99. The van der Waals surface area contributed by atoms with Crippen LogP contribution in [0.5, 0.6) is 5.75 Å². The molecule has 4 aromatic rings. The average Bonchev–Trinajstić information content (AvgIpc) is 3.05. The van der Waals surface area contributed by atoms with Crippen LogP contribution in [0.25, 0.3) is 22.2 Å². The molecule has 0 radical (unpaired) electrons. The molecule has 1 aliphatic heterocycles. The molecule has 2 heterocycles. The molecule has 3 aromatic carbocycles. The Morgan fingerprint density at radius 1 is 0.800 bits per heavy atom. The number of H-pyrrole nitrogens is 1. The van der Waals surface area contributed by atoms with Gasteiger partial charge in [0.2, 0.25) is 0 Å². The number of aromatic nitrogens is 1. The van der Waals surface area contributed by atoms with Crippen LogP contribution in [0.3, 0.4) is 0 Å². The van der Waals surface area contributed by atoms with Crippen molar-refractivity contribution in [2.75, 3.05) is 0 Å². The Balaban J connectivity index is 1.51. The zero-order chi connectivity index (χ0) is 16.6. The van der Waals surface area contributed by atoms with Gasteiger partial charge in [-0.25, -0.2) is 0 Å². The molecule has 122 valence electrons. The fourth-order valence-corrected chi connectivity index (χ4v) is 3.71. The van der Waals surface area contributed by atoms with Crippen molar-refractivity contribution in [2.45, 2.75) is 19.4 Å². The summed E-state index contributed by atoms with van der Waals surface area (Å²) < 4.78 is 5.97. The lowest BCUT2D eigenvalue weighted by Gasteiger charge is -2.17. The fraction of sp³-hybridized carbons (Fsp3) is 0.130. The molecule has 5 rings (SSSR count). The first-order valence-electron chi connectivity index (χ1n) is 8.78. The number of benzene rings is 3. The minimum Gasteiger partial charge on any atom is -0.488 e. The first-order chi connectivity index (χ1) is 12.4. The molecule has 0 atom stereocenters. The van der Waals surface area contributed by atoms with Crippen LogP contribution in [0.15, 0.2) is 72.8 Å². The summed E-state index contributed by atoms with van der Waals surface area (Å²) in [5.74, 6) is 0.964. The van der Waals surface area contributed by atoms with E-state index in [0.717, 1.165) is 24.2 Å². The molecule has 1 aromatic heterocycles.